The molecule has 4 heteroatoms. The summed E-state index contributed by atoms with van der Waals surface area (Å²) in [5.41, 5.74) is 6.46. The van der Waals surface area contributed by atoms with E-state index in [1.54, 1.807) is 11.1 Å². The summed E-state index contributed by atoms with van der Waals surface area (Å²) < 4.78 is 5.77. The van der Waals surface area contributed by atoms with E-state index in [4.69, 9.17) is 4.18 Å². The van der Waals surface area contributed by atoms with Crippen LogP contribution >= 0.6 is 30.4 Å². The molecule has 29 heavy (non-hydrogen) atoms. The molecule has 2 nitrogen and oxygen atoms in total. The molecule has 5 unspecified atom stereocenters. The second-order valence-corrected chi connectivity index (χ2v) is 11.0. The number of fused-ring (bicyclic) bond motifs is 5. The van der Waals surface area contributed by atoms with Crippen molar-refractivity contribution in [3.05, 3.63) is 71.3 Å². The van der Waals surface area contributed by atoms with Crippen LogP contribution in [0.2, 0.25) is 0 Å². The van der Waals surface area contributed by atoms with E-state index in [1.165, 1.54) is 39.6 Å². The highest BCUT2D eigenvalue weighted by Crippen LogP contribution is 2.66. The topological polar surface area (TPSA) is 22.1 Å². The Hall–Kier alpha value is -1.01. The normalized spacial score (nSPS) is 38.0. The molecule has 4 aliphatic carbocycles. The molecule has 0 radical (unpaired) electrons. The lowest BCUT2D eigenvalue weighted by molar-refractivity contribution is 0.0595. The summed E-state index contributed by atoms with van der Waals surface area (Å²) in [7, 11) is 1.42. The fourth-order valence-electron chi connectivity index (χ4n) is 6.84. The Balaban J connectivity index is 1.48. The fraction of sp³-hybridized carbons (Fsp3) is 0.480. The van der Waals surface area contributed by atoms with E-state index in [-0.39, 0.29) is 10.8 Å². The minimum Gasteiger partial charge on any atom is -0.415 e. The van der Waals surface area contributed by atoms with Crippen LogP contribution in [0.3, 0.4) is 0 Å². The van der Waals surface area contributed by atoms with Crippen LogP contribution < -0.4 is 0 Å². The maximum Gasteiger partial charge on any atom is 0.134 e. The maximum atomic E-state index is 5.77. The Kier molecular flexibility index (Phi) is 5.01. The van der Waals surface area contributed by atoms with Crippen molar-refractivity contribution in [1.29, 1.82) is 0 Å². The van der Waals surface area contributed by atoms with Gasteiger partial charge in [0.1, 0.15) is 15.0 Å². The van der Waals surface area contributed by atoms with Crippen LogP contribution in [0.4, 0.5) is 0 Å². The minimum absolute atomic E-state index is 0.165. The van der Waals surface area contributed by atoms with Crippen molar-refractivity contribution in [3.8, 4) is 0 Å². The fourth-order valence-corrected chi connectivity index (χ4v) is 7.65. The van der Waals surface area contributed by atoms with Gasteiger partial charge in [-0.15, -0.1) is 0 Å². The lowest BCUT2D eigenvalue weighted by Gasteiger charge is -2.57. The Morgan fingerprint density at radius 2 is 2.10 bits per heavy atom. The summed E-state index contributed by atoms with van der Waals surface area (Å²) in [6.45, 7) is 7.42. The van der Waals surface area contributed by atoms with Crippen LogP contribution in [-0.4, -0.2) is 4.98 Å². The second kappa shape index (κ2) is 7.30. The van der Waals surface area contributed by atoms with Crippen molar-refractivity contribution in [3.63, 3.8) is 0 Å². The van der Waals surface area contributed by atoms with E-state index < -0.39 is 0 Å². The molecule has 2 fully saturated rings. The van der Waals surface area contributed by atoms with Crippen LogP contribution in [0.25, 0.3) is 5.57 Å². The van der Waals surface area contributed by atoms with E-state index in [9.17, 15) is 0 Å². The van der Waals surface area contributed by atoms with Gasteiger partial charge in [0.15, 0.2) is 0 Å². The number of rotatable bonds is 3. The number of aromatic nitrogens is 1. The van der Waals surface area contributed by atoms with Gasteiger partial charge in [-0.25, -0.2) is 0 Å². The van der Waals surface area contributed by atoms with Gasteiger partial charge in [-0.3, -0.25) is 4.98 Å². The number of pyridine rings is 1. The average molecular weight is 517 g/mol. The molecule has 0 aromatic carbocycles. The van der Waals surface area contributed by atoms with E-state index in [2.05, 4.69) is 83.4 Å². The molecule has 0 N–H and O–H groups in total. The van der Waals surface area contributed by atoms with Gasteiger partial charge in [-0.2, -0.15) is 0 Å². The van der Waals surface area contributed by atoms with Gasteiger partial charge in [-0.1, -0.05) is 50.1 Å². The molecule has 1 aromatic rings. The zero-order valence-corrected chi connectivity index (χ0v) is 20.3. The first-order valence-corrected chi connectivity index (χ1v) is 14.0. The Bertz CT molecular complexity index is 949. The average Bonchev–Trinajstić information content (AvgIpc) is 3.07. The number of halogens is 1. The van der Waals surface area contributed by atoms with Gasteiger partial charge in [0, 0.05) is 39.0 Å². The van der Waals surface area contributed by atoms with Crippen LogP contribution in [0.1, 0.15) is 52.0 Å². The summed E-state index contributed by atoms with van der Waals surface area (Å²) in [6.07, 6.45) is 18.3. The zero-order valence-electron chi connectivity index (χ0n) is 17.3. The van der Waals surface area contributed by atoms with Crippen LogP contribution in [0.15, 0.2) is 65.7 Å². The van der Waals surface area contributed by atoms with E-state index in [1.807, 2.05) is 12.4 Å². The summed E-state index contributed by atoms with van der Waals surface area (Å²) in [6, 6.07) is 4.28. The summed E-state index contributed by atoms with van der Waals surface area (Å²) >= 11 is 2.21. The van der Waals surface area contributed by atoms with Gasteiger partial charge in [0.25, 0.3) is 0 Å². The second-order valence-electron chi connectivity index (χ2n) is 9.64. The summed E-state index contributed by atoms with van der Waals surface area (Å²) in [5.74, 6) is 3.03. The van der Waals surface area contributed by atoms with Gasteiger partial charge >= 0.3 is 0 Å². The van der Waals surface area contributed by atoms with Crippen molar-refractivity contribution in [2.24, 2.45) is 28.6 Å². The molecular formula is C25H28INOS. The Labute approximate surface area is 190 Å². The van der Waals surface area contributed by atoms with Crippen molar-refractivity contribution in [2.45, 2.75) is 46.5 Å². The third kappa shape index (κ3) is 3.00. The van der Waals surface area contributed by atoms with Crippen molar-refractivity contribution in [2.75, 3.05) is 0 Å². The predicted octanol–water partition coefficient (Wildman–Crippen LogP) is 7.71. The van der Waals surface area contributed by atoms with Gasteiger partial charge in [0.05, 0.1) is 0 Å². The molecule has 0 amide bonds. The monoisotopic (exact) mass is 517 g/mol. The third-order valence-electron chi connectivity index (χ3n) is 8.24. The molecule has 0 spiro atoms. The lowest BCUT2D eigenvalue weighted by Crippen LogP contribution is -2.48. The van der Waals surface area contributed by atoms with Crippen molar-refractivity contribution >= 4 is 36.0 Å². The zero-order chi connectivity index (χ0) is 20.2. The van der Waals surface area contributed by atoms with Gasteiger partial charge < -0.3 is 4.18 Å². The lowest BCUT2D eigenvalue weighted by atomic mass is 9.47. The van der Waals surface area contributed by atoms with Crippen molar-refractivity contribution < 1.29 is 4.18 Å². The standard InChI is InChI=1S/C25H28INOS/c1-16-13-19-21-7-6-20(17-5-4-12-27-15-17)24(21,2)11-9-22(19)25(3)10-8-18(28-29-26)14-23(16)25/h4-8,12,14-16,19,22H,9-11,13H2,1-3H3. The highest BCUT2D eigenvalue weighted by atomic mass is 127. The molecule has 1 heterocycles. The molecule has 2 saturated carbocycles. The first-order valence-electron chi connectivity index (χ1n) is 10.7. The highest BCUT2D eigenvalue weighted by Gasteiger charge is 2.55. The minimum atomic E-state index is 0.165. The number of hydrogen-bond acceptors (Lipinski definition) is 3. The van der Waals surface area contributed by atoms with Crippen LogP contribution in [0.5, 0.6) is 0 Å². The Morgan fingerprint density at radius 3 is 2.86 bits per heavy atom. The van der Waals surface area contributed by atoms with Crippen LogP contribution in [0, 0.1) is 28.6 Å². The van der Waals surface area contributed by atoms with Gasteiger partial charge in [-0.05, 0) is 78.2 Å². The van der Waals surface area contributed by atoms with E-state index in [0.717, 1.165) is 18.1 Å². The van der Waals surface area contributed by atoms with E-state index >= 15 is 0 Å². The summed E-state index contributed by atoms with van der Waals surface area (Å²) in [5, 5.41) is 0. The molecule has 5 atom stereocenters. The van der Waals surface area contributed by atoms with Crippen molar-refractivity contribution in [1.82, 2.24) is 4.98 Å². The third-order valence-corrected chi connectivity index (χ3v) is 9.04. The SMILES string of the molecule is CC1CC2C3=CC=C(c4cccnc4)C3(C)CCC2C2(C)CC=C(OSI)C=C12. The molecule has 152 valence electrons. The number of nitrogens with zero attached hydrogens (tertiary/aromatic N) is 1. The van der Waals surface area contributed by atoms with Gasteiger partial charge in [0.2, 0.25) is 0 Å². The summed E-state index contributed by atoms with van der Waals surface area (Å²) in [4.78, 5) is 4.39. The number of hydrogen-bond donors (Lipinski definition) is 0. The molecule has 1 aromatic heterocycles. The Morgan fingerprint density at radius 1 is 1.24 bits per heavy atom. The quantitative estimate of drug-likeness (QED) is 0.303. The molecule has 0 aliphatic heterocycles. The molecule has 5 rings (SSSR count). The molecule has 4 aliphatic rings. The smallest absolute Gasteiger partial charge is 0.134 e. The molecule has 0 bridgehead atoms. The predicted molar refractivity (Wildman–Crippen MR) is 130 cm³/mol. The largest absolute Gasteiger partial charge is 0.415 e. The first kappa shape index (κ1) is 19.9. The number of allylic oxidation sites excluding steroid dienone is 7. The maximum absolute atomic E-state index is 5.77. The molecular weight excluding hydrogens is 489 g/mol. The van der Waals surface area contributed by atoms with Crippen LogP contribution in [-0.2, 0) is 4.18 Å². The first-order chi connectivity index (χ1) is 14.0. The highest BCUT2D eigenvalue weighted by molar-refractivity contribution is 14.2. The molecule has 0 saturated heterocycles. The van der Waals surface area contributed by atoms with E-state index in [0.29, 0.717) is 11.8 Å².